The number of hydrogen-bond donors (Lipinski definition) is 1. The smallest absolute Gasteiger partial charge is 0.0240 e. The average molecular weight is 244 g/mol. The summed E-state index contributed by atoms with van der Waals surface area (Å²) in [7, 11) is 0. The number of fused-ring (bicyclic) bond motifs is 1. The predicted molar refractivity (Wildman–Crippen MR) is 75.4 cm³/mol. The van der Waals surface area contributed by atoms with Gasteiger partial charge in [0.25, 0.3) is 0 Å². The van der Waals surface area contributed by atoms with Gasteiger partial charge in [0.1, 0.15) is 0 Å². The van der Waals surface area contributed by atoms with E-state index in [-0.39, 0.29) is 0 Å². The van der Waals surface area contributed by atoms with E-state index in [9.17, 15) is 0 Å². The molecule has 1 atom stereocenters. The molecule has 2 aliphatic heterocycles. The van der Waals surface area contributed by atoms with Crippen LogP contribution in [0.4, 0.5) is 0 Å². The maximum absolute atomic E-state index is 3.51. The van der Waals surface area contributed by atoms with Gasteiger partial charge in [0.2, 0.25) is 0 Å². The molecule has 3 rings (SSSR count). The minimum absolute atomic E-state index is 0.934. The van der Waals surface area contributed by atoms with Crippen molar-refractivity contribution >= 4 is 0 Å². The van der Waals surface area contributed by atoms with Crippen molar-refractivity contribution in [1.29, 1.82) is 0 Å². The van der Waals surface area contributed by atoms with Gasteiger partial charge in [-0.1, -0.05) is 24.3 Å². The summed E-state index contributed by atoms with van der Waals surface area (Å²) in [4.78, 5) is 2.60. The van der Waals surface area contributed by atoms with Crippen LogP contribution in [0.25, 0.3) is 0 Å². The molecule has 0 aliphatic carbocycles. The largest absolute Gasteiger partial charge is 0.316 e. The summed E-state index contributed by atoms with van der Waals surface area (Å²) in [5.41, 5.74) is 3.08. The fourth-order valence-corrected chi connectivity index (χ4v) is 3.34. The van der Waals surface area contributed by atoms with Crippen LogP contribution >= 0.6 is 0 Å². The van der Waals surface area contributed by atoms with Gasteiger partial charge in [0.15, 0.2) is 0 Å². The van der Waals surface area contributed by atoms with E-state index >= 15 is 0 Å². The van der Waals surface area contributed by atoms with Gasteiger partial charge < -0.3 is 5.32 Å². The Bertz CT molecular complexity index is 357. The van der Waals surface area contributed by atoms with E-state index in [1.54, 1.807) is 0 Å². The molecule has 1 fully saturated rings. The Morgan fingerprint density at radius 1 is 1.17 bits per heavy atom. The lowest BCUT2D eigenvalue weighted by Gasteiger charge is -2.23. The van der Waals surface area contributed by atoms with Crippen LogP contribution in [0.15, 0.2) is 24.3 Å². The monoisotopic (exact) mass is 244 g/mol. The molecule has 0 bridgehead atoms. The van der Waals surface area contributed by atoms with Gasteiger partial charge in [-0.2, -0.15) is 0 Å². The molecule has 0 radical (unpaired) electrons. The fraction of sp³-hybridized carbons (Fsp3) is 0.625. The lowest BCUT2D eigenvalue weighted by molar-refractivity contribution is 0.259. The molecule has 1 saturated heterocycles. The summed E-state index contributed by atoms with van der Waals surface area (Å²) in [6.45, 7) is 6.08. The summed E-state index contributed by atoms with van der Waals surface area (Å²) in [6.07, 6.45) is 5.58. The summed E-state index contributed by atoms with van der Waals surface area (Å²) in [5.74, 6) is 0.934. The highest BCUT2D eigenvalue weighted by atomic mass is 15.1. The molecular weight excluding hydrogens is 220 g/mol. The number of rotatable bonds is 4. The molecule has 18 heavy (non-hydrogen) atoms. The lowest BCUT2D eigenvalue weighted by atomic mass is 9.95. The van der Waals surface area contributed by atoms with Crippen LogP contribution in [0.1, 0.15) is 36.8 Å². The standard InChI is InChI=1S/C16H24N2/c1-2-8-16-13-18(12-15(16)7-1)10-4-6-14-5-3-9-17-11-14/h1-2,7-8,14,17H,3-6,9-13H2. The van der Waals surface area contributed by atoms with E-state index in [2.05, 4.69) is 34.5 Å². The Morgan fingerprint density at radius 3 is 2.61 bits per heavy atom. The van der Waals surface area contributed by atoms with Crippen LogP contribution in [0.5, 0.6) is 0 Å². The number of hydrogen-bond acceptors (Lipinski definition) is 2. The maximum Gasteiger partial charge on any atom is 0.0240 e. The maximum atomic E-state index is 3.51. The minimum atomic E-state index is 0.934. The van der Waals surface area contributed by atoms with E-state index in [0.29, 0.717) is 0 Å². The van der Waals surface area contributed by atoms with Gasteiger partial charge in [0.05, 0.1) is 0 Å². The summed E-state index contributed by atoms with van der Waals surface area (Å²) in [5, 5.41) is 3.51. The van der Waals surface area contributed by atoms with Crippen LogP contribution in [-0.4, -0.2) is 24.5 Å². The molecule has 0 aromatic heterocycles. The van der Waals surface area contributed by atoms with Crippen molar-refractivity contribution < 1.29 is 0 Å². The second-order valence-electron chi connectivity index (χ2n) is 5.83. The van der Waals surface area contributed by atoms with Gasteiger partial charge in [-0.05, 0) is 62.4 Å². The van der Waals surface area contributed by atoms with Gasteiger partial charge in [-0.3, -0.25) is 4.90 Å². The summed E-state index contributed by atoms with van der Waals surface area (Å²) in [6, 6.07) is 8.88. The van der Waals surface area contributed by atoms with Crippen molar-refractivity contribution in [3.63, 3.8) is 0 Å². The van der Waals surface area contributed by atoms with E-state index < -0.39 is 0 Å². The fourth-order valence-electron chi connectivity index (χ4n) is 3.34. The molecule has 0 amide bonds. The minimum Gasteiger partial charge on any atom is -0.316 e. The van der Waals surface area contributed by atoms with Crippen LogP contribution in [0, 0.1) is 5.92 Å². The first-order valence-corrected chi connectivity index (χ1v) is 7.41. The molecule has 1 aromatic rings. The van der Waals surface area contributed by atoms with Crippen molar-refractivity contribution in [2.45, 2.75) is 38.8 Å². The van der Waals surface area contributed by atoms with Crippen molar-refractivity contribution in [3.05, 3.63) is 35.4 Å². The SMILES string of the molecule is c1ccc2c(c1)CN(CCCC1CCCNC1)C2. The highest BCUT2D eigenvalue weighted by molar-refractivity contribution is 5.30. The second kappa shape index (κ2) is 5.85. The zero-order valence-corrected chi connectivity index (χ0v) is 11.2. The first kappa shape index (κ1) is 12.2. The molecule has 0 spiro atoms. The Kier molecular flexibility index (Phi) is 3.96. The molecule has 1 unspecified atom stereocenters. The Labute approximate surface area is 110 Å². The van der Waals surface area contributed by atoms with E-state index in [0.717, 1.165) is 5.92 Å². The molecule has 2 heteroatoms. The van der Waals surface area contributed by atoms with Crippen LogP contribution < -0.4 is 5.32 Å². The third kappa shape index (κ3) is 2.93. The highest BCUT2D eigenvalue weighted by Crippen LogP contribution is 2.23. The topological polar surface area (TPSA) is 15.3 Å². The molecular formula is C16H24N2. The van der Waals surface area contributed by atoms with Crippen molar-refractivity contribution in [2.24, 2.45) is 5.92 Å². The first-order valence-electron chi connectivity index (χ1n) is 7.41. The van der Waals surface area contributed by atoms with Gasteiger partial charge >= 0.3 is 0 Å². The molecule has 2 heterocycles. The van der Waals surface area contributed by atoms with E-state index in [4.69, 9.17) is 0 Å². The first-order chi connectivity index (χ1) is 8.92. The Hall–Kier alpha value is -0.860. The average Bonchev–Trinajstić information content (AvgIpc) is 2.82. The van der Waals surface area contributed by atoms with Gasteiger partial charge in [-0.15, -0.1) is 0 Å². The summed E-state index contributed by atoms with van der Waals surface area (Å²) >= 11 is 0. The molecule has 2 nitrogen and oxygen atoms in total. The van der Waals surface area contributed by atoms with Crippen molar-refractivity contribution in [2.75, 3.05) is 19.6 Å². The van der Waals surface area contributed by atoms with E-state index in [1.807, 2.05) is 0 Å². The normalized spacial score (nSPS) is 24.1. The van der Waals surface area contributed by atoms with Crippen molar-refractivity contribution in [3.8, 4) is 0 Å². The van der Waals surface area contributed by atoms with Crippen LogP contribution in [0.2, 0.25) is 0 Å². The zero-order valence-electron chi connectivity index (χ0n) is 11.2. The second-order valence-corrected chi connectivity index (χ2v) is 5.83. The highest BCUT2D eigenvalue weighted by Gasteiger charge is 2.18. The van der Waals surface area contributed by atoms with Gasteiger partial charge in [-0.25, -0.2) is 0 Å². The lowest BCUT2D eigenvalue weighted by Crippen LogP contribution is -2.30. The number of piperidine rings is 1. The van der Waals surface area contributed by atoms with Crippen LogP contribution in [-0.2, 0) is 13.1 Å². The number of benzene rings is 1. The molecule has 1 N–H and O–H groups in total. The number of nitrogens with zero attached hydrogens (tertiary/aromatic N) is 1. The quantitative estimate of drug-likeness (QED) is 0.876. The van der Waals surface area contributed by atoms with E-state index in [1.165, 1.54) is 69.5 Å². The molecule has 0 saturated carbocycles. The van der Waals surface area contributed by atoms with Crippen molar-refractivity contribution in [1.82, 2.24) is 10.2 Å². The predicted octanol–water partition coefficient (Wildman–Crippen LogP) is 2.78. The zero-order chi connectivity index (χ0) is 12.2. The molecule has 1 aromatic carbocycles. The van der Waals surface area contributed by atoms with Crippen LogP contribution in [0.3, 0.4) is 0 Å². The Morgan fingerprint density at radius 2 is 1.94 bits per heavy atom. The third-order valence-electron chi connectivity index (χ3n) is 4.39. The third-order valence-corrected chi connectivity index (χ3v) is 4.39. The molecule has 2 aliphatic rings. The van der Waals surface area contributed by atoms with Gasteiger partial charge in [0, 0.05) is 13.1 Å². The number of nitrogens with one attached hydrogen (secondary N) is 1. The molecule has 98 valence electrons. The summed E-state index contributed by atoms with van der Waals surface area (Å²) < 4.78 is 0. The Balaban J connectivity index is 1.40.